The molecule has 0 aliphatic carbocycles. The molecule has 1 aromatic heterocycles. The summed E-state index contributed by atoms with van der Waals surface area (Å²) >= 11 is 0. The third-order valence-electron chi connectivity index (χ3n) is 6.72. The Labute approximate surface area is 195 Å². The molecule has 174 valence electrons. The number of benzene rings is 2. The van der Waals surface area contributed by atoms with Crippen LogP contribution in [0.2, 0.25) is 0 Å². The van der Waals surface area contributed by atoms with Crippen LogP contribution in [0.3, 0.4) is 0 Å². The van der Waals surface area contributed by atoms with Crippen LogP contribution < -0.4 is 20.5 Å². The zero-order valence-electron chi connectivity index (χ0n) is 18.6. The number of hydrogen-bond donors (Lipinski definition) is 1. The van der Waals surface area contributed by atoms with Crippen molar-refractivity contribution in [3.05, 3.63) is 75.9 Å². The number of aromatic nitrogens is 2. The summed E-state index contributed by atoms with van der Waals surface area (Å²) in [5.74, 6) is -0.622. The topological polar surface area (TPSA) is 63.8 Å². The van der Waals surface area contributed by atoms with Gasteiger partial charge < -0.3 is 15.0 Å². The first-order chi connectivity index (χ1) is 16.4. The Bertz CT molecular complexity index is 1360. The van der Waals surface area contributed by atoms with Crippen LogP contribution in [0.15, 0.2) is 47.3 Å². The zero-order valence-corrected chi connectivity index (χ0v) is 18.6. The molecule has 1 atom stereocenters. The first kappa shape index (κ1) is 22.0. The number of nitrogens with zero attached hydrogens (tertiary/aromatic N) is 4. The fourth-order valence-electron chi connectivity index (χ4n) is 4.88. The van der Waals surface area contributed by atoms with Gasteiger partial charge in [-0.05, 0) is 37.6 Å². The van der Waals surface area contributed by atoms with E-state index in [-0.39, 0.29) is 28.4 Å². The van der Waals surface area contributed by atoms with Gasteiger partial charge in [0.05, 0.1) is 19.4 Å². The van der Waals surface area contributed by atoms with E-state index in [2.05, 4.69) is 15.1 Å². The molecular formula is C25H23F2N5O2. The molecular weight excluding hydrogens is 440 g/mol. The fraction of sp³-hybridized carbons (Fsp3) is 0.320. The second kappa shape index (κ2) is 8.54. The summed E-state index contributed by atoms with van der Waals surface area (Å²) in [5.41, 5.74) is 0.185. The summed E-state index contributed by atoms with van der Waals surface area (Å²) in [6, 6.07) is 9.68. The molecule has 0 amide bonds. The number of ether oxygens (including phenoxy) is 1. The van der Waals surface area contributed by atoms with Crippen molar-refractivity contribution in [1.82, 2.24) is 14.9 Å². The highest BCUT2D eigenvalue weighted by molar-refractivity contribution is 5.65. The minimum atomic E-state index is -0.711. The third-order valence-corrected chi connectivity index (χ3v) is 6.72. The van der Waals surface area contributed by atoms with E-state index in [1.54, 1.807) is 12.1 Å². The molecule has 2 aliphatic heterocycles. The number of hydrogen-bond acceptors (Lipinski definition) is 5. The second-order valence-corrected chi connectivity index (χ2v) is 8.81. The van der Waals surface area contributed by atoms with E-state index in [1.807, 2.05) is 0 Å². The minimum absolute atomic E-state index is 0.0444. The average molecular weight is 463 g/mol. The van der Waals surface area contributed by atoms with Crippen molar-refractivity contribution in [2.45, 2.75) is 12.8 Å². The van der Waals surface area contributed by atoms with Gasteiger partial charge in [-0.3, -0.25) is 9.36 Å². The molecule has 1 unspecified atom stereocenters. The highest BCUT2D eigenvalue weighted by Gasteiger charge is 2.41. The smallest absolute Gasteiger partial charge is 0.260 e. The largest absolute Gasteiger partial charge is 0.494 e. The Morgan fingerprint density at radius 2 is 2.00 bits per heavy atom. The maximum atomic E-state index is 14.5. The zero-order chi connectivity index (χ0) is 23.9. The molecule has 7 nitrogen and oxygen atoms in total. The van der Waals surface area contributed by atoms with E-state index < -0.39 is 17.2 Å². The average Bonchev–Trinajstić information content (AvgIpc) is 3.48. The van der Waals surface area contributed by atoms with Crippen LogP contribution in [-0.2, 0) is 0 Å². The fourth-order valence-corrected chi connectivity index (χ4v) is 4.88. The molecule has 2 aliphatic rings. The van der Waals surface area contributed by atoms with E-state index in [1.165, 1.54) is 42.0 Å². The van der Waals surface area contributed by atoms with Gasteiger partial charge in [-0.15, -0.1) is 0 Å². The van der Waals surface area contributed by atoms with Crippen molar-refractivity contribution in [2.24, 2.45) is 5.41 Å². The maximum Gasteiger partial charge on any atom is 0.260 e. The molecule has 2 aromatic carbocycles. The molecule has 9 heteroatoms. The van der Waals surface area contributed by atoms with Crippen LogP contribution >= 0.6 is 0 Å². The van der Waals surface area contributed by atoms with E-state index in [9.17, 15) is 13.6 Å². The van der Waals surface area contributed by atoms with Gasteiger partial charge in [0.1, 0.15) is 17.5 Å². The second-order valence-electron chi connectivity index (χ2n) is 8.81. The van der Waals surface area contributed by atoms with E-state index in [0.29, 0.717) is 11.4 Å². The maximum absolute atomic E-state index is 14.5. The van der Waals surface area contributed by atoms with Gasteiger partial charge in [0, 0.05) is 42.7 Å². The van der Waals surface area contributed by atoms with Crippen molar-refractivity contribution in [1.29, 1.82) is 0 Å². The van der Waals surface area contributed by atoms with Crippen molar-refractivity contribution in [2.75, 3.05) is 38.2 Å². The lowest BCUT2D eigenvalue weighted by Gasteiger charge is -2.24. The number of methoxy groups -OCH3 is 1. The highest BCUT2D eigenvalue weighted by atomic mass is 19.1. The Kier molecular flexibility index (Phi) is 5.54. The number of anilines is 1. The number of nitrogens with one attached hydrogen (secondary N) is 1. The van der Waals surface area contributed by atoms with Crippen molar-refractivity contribution in [3.8, 4) is 22.8 Å². The summed E-state index contributed by atoms with van der Waals surface area (Å²) in [7, 11) is 1.36. The number of rotatable bonds is 4. The molecule has 34 heavy (non-hydrogen) atoms. The van der Waals surface area contributed by atoms with Crippen LogP contribution in [0.25, 0.3) is 21.9 Å². The first-order valence-corrected chi connectivity index (χ1v) is 11.0. The van der Waals surface area contributed by atoms with E-state index in [0.717, 1.165) is 39.0 Å². The van der Waals surface area contributed by atoms with Gasteiger partial charge in [-0.25, -0.2) is 18.6 Å². The molecule has 3 aromatic rings. The minimum Gasteiger partial charge on any atom is -0.494 e. The van der Waals surface area contributed by atoms with Gasteiger partial charge in [0.25, 0.3) is 5.56 Å². The van der Waals surface area contributed by atoms with Crippen LogP contribution in [0, 0.1) is 23.6 Å². The van der Waals surface area contributed by atoms with E-state index in [4.69, 9.17) is 16.3 Å². The first-order valence-electron chi connectivity index (χ1n) is 11.0. The molecule has 1 N–H and O–H groups in total. The van der Waals surface area contributed by atoms with Gasteiger partial charge in [0.2, 0.25) is 5.69 Å². The monoisotopic (exact) mass is 463 g/mol. The van der Waals surface area contributed by atoms with Gasteiger partial charge >= 0.3 is 0 Å². The Morgan fingerprint density at radius 1 is 1.15 bits per heavy atom. The lowest BCUT2D eigenvalue weighted by atomic mass is 9.87. The summed E-state index contributed by atoms with van der Waals surface area (Å²) in [4.78, 5) is 23.4. The quantitative estimate of drug-likeness (QED) is 0.594. The van der Waals surface area contributed by atoms with E-state index >= 15 is 0 Å². The summed E-state index contributed by atoms with van der Waals surface area (Å²) in [5, 5.41) is 3.41. The van der Waals surface area contributed by atoms with Crippen LogP contribution in [0.5, 0.6) is 5.75 Å². The molecule has 0 radical (unpaired) electrons. The Balaban J connectivity index is 1.65. The van der Waals surface area contributed by atoms with Gasteiger partial charge in [-0.1, -0.05) is 12.1 Å². The van der Waals surface area contributed by atoms with Crippen LogP contribution in [-0.4, -0.2) is 42.8 Å². The standard InChI is InChI=1S/C25H23F2N5O2/c1-28-20-5-3-16(11-18(20)26)24-30-22(31-10-8-25(15-31)7-9-29-14-25)13-23(33)32(24)17-4-6-21(34-2)19(27)12-17/h3-6,11-13,29H,7-10,14-15H2,2H3. The lowest BCUT2D eigenvalue weighted by Crippen LogP contribution is -2.31. The van der Waals surface area contributed by atoms with Crippen molar-refractivity contribution >= 4 is 11.5 Å². The number of halogens is 2. The summed E-state index contributed by atoms with van der Waals surface area (Å²) in [6.45, 7) is 10.6. The summed E-state index contributed by atoms with van der Waals surface area (Å²) < 4.78 is 35.2. The molecule has 1 spiro atoms. The van der Waals surface area contributed by atoms with Crippen molar-refractivity contribution < 1.29 is 13.5 Å². The highest BCUT2D eigenvalue weighted by Crippen LogP contribution is 2.38. The predicted molar refractivity (Wildman–Crippen MR) is 125 cm³/mol. The van der Waals surface area contributed by atoms with Gasteiger partial charge in [-0.2, -0.15) is 0 Å². The molecule has 0 bridgehead atoms. The van der Waals surface area contributed by atoms with Crippen LogP contribution in [0.1, 0.15) is 12.8 Å². The predicted octanol–water partition coefficient (Wildman–Crippen LogP) is 3.93. The Morgan fingerprint density at radius 3 is 2.68 bits per heavy atom. The molecule has 2 fully saturated rings. The molecule has 0 saturated carbocycles. The normalized spacial score (nSPS) is 19.5. The third kappa shape index (κ3) is 3.80. The molecule has 3 heterocycles. The molecule has 2 saturated heterocycles. The SMILES string of the molecule is [C-]#[N+]c1ccc(-c2nc(N3CCC4(CCNC4)C3)cc(=O)n2-c2ccc(OC)c(F)c2)cc1F. The Hall–Kier alpha value is -3.77. The molecule has 5 rings (SSSR count). The van der Waals surface area contributed by atoms with Crippen molar-refractivity contribution in [3.63, 3.8) is 0 Å². The van der Waals surface area contributed by atoms with Crippen LogP contribution in [0.4, 0.5) is 20.3 Å². The van der Waals surface area contributed by atoms with Gasteiger partial charge in [0.15, 0.2) is 11.6 Å². The summed E-state index contributed by atoms with van der Waals surface area (Å²) in [6.07, 6.45) is 2.07. The lowest BCUT2D eigenvalue weighted by molar-refractivity contribution is 0.369.